The molecule has 0 aliphatic carbocycles. The number of benzene rings is 2. The van der Waals surface area contributed by atoms with E-state index in [1.165, 1.54) is 4.90 Å². The van der Waals surface area contributed by atoms with Crippen molar-refractivity contribution in [2.24, 2.45) is 0 Å². The number of hydrogen-bond donors (Lipinski definition) is 1. The molecular weight excluding hydrogens is 352 g/mol. The molecule has 0 atom stereocenters. The molecule has 0 aliphatic rings. The van der Waals surface area contributed by atoms with Crippen molar-refractivity contribution in [3.8, 4) is 5.75 Å². The molecule has 0 saturated heterocycles. The standard InChI is InChI=1S/C20H23ClN2O3/c1-13-5-7-15(3)17(9-13)22-19(24)11-23(4)20(25)12-26-18-10-14(2)6-8-16(18)21/h5-10H,11-12H2,1-4H3,(H,22,24). The molecule has 2 aromatic carbocycles. The maximum absolute atomic E-state index is 12.2. The Hall–Kier alpha value is -2.53. The molecule has 2 rings (SSSR count). The highest BCUT2D eigenvalue weighted by molar-refractivity contribution is 6.32. The minimum atomic E-state index is -0.307. The van der Waals surface area contributed by atoms with E-state index in [1.54, 1.807) is 19.2 Å². The zero-order chi connectivity index (χ0) is 19.3. The molecular formula is C20H23ClN2O3. The number of carbonyl (C=O) groups is 2. The molecule has 2 amide bonds. The summed E-state index contributed by atoms with van der Waals surface area (Å²) in [4.78, 5) is 25.7. The lowest BCUT2D eigenvalue weighted by Crippen LogP contribution is -2.37. The van der Waals surface area contributed by atoms with Crippen molar-refractivity contribution in [2.45, 2.75) is 20.8 Å². The molecule has 0 bridgehead atoms. The van der Waals surface area contributed by atoms with Crippen LogP contribution in [-0.2, 0) is 9.59 Å². The fourth-order valence-corrected chi connectivity index (χ4v) is 2.51. The third-order valence-corrected chi connectivity index (χ3v) is 4.22. The molecule has 138 valence electrons. The van der Waals surface area contributed by atoms with Gasteiger partial charge in [-0.2, -0.15) is 0 Å². The quantitative estimate of drug-likeness (QED) is 0.837. The molecule has 5 nitrogen and oxygen atoms in total. The van der Waals surface area contributed by atoms with Crippen LogP contribution in [0.4, 0.5) is 5.69 Å². The van der Waals surface area contributed by atoms with E-state index in [-0.39, 0.29) is 25.0 Å². The second-order valence-electron chi connectivity index (χ2n) is 6.34. The van der Waals surface area contributed by atoms with Crippen LogP contribution in [0.2, 0.25) is 5.02 Å². The molecule has 0 radical (unpaired) electrons. The minimum absolute atomic E-state index is 0.0584. The maximum atomic E-state index is 12.2. The first-order valence-electron chi connectivity index (χ1n) is 8.26. The SMILES string of the molecule is Cc1ccc(C)c(NC(=O)CN(C)C(=O)COc2cc(C)ccc2Cl)c1. The zero-order valence-corrected chi connectivity index (χ0v) is 16.2. The van der Waals surface area contributed by atoms with Crippen LogP contribution in [0.15, 0.2) is 36.4 Å². The largest absolute Gasteiger partial charge is 0.482 e. The van der Waals surface area contributed by atoms with Crippen LogP contribution in [-0.4, -0.2) is 36.9 Å². The molecule has 0 fully saturated rings. The van der Waals surface area contributed by atoms with Crippen molar-refractivity contribution in [1.29, 1.82) is 0 Å². The summed E-state index contributed by atoms with van der Waals surface area (Å²) in [7, 11) is 1.56. The lowest BCUT2D eigenvalue weighted by Gasteiger charge is -2.18. The normalized spacial score (nSPS) is 10.3. The van der Waals surface area contributed by atoms with E-state index in [2.05, 4.69) is 5.32 Å². The number of aryl methyl sites for hydroxylation is 3. The highest BCUT2D eigenvalue weighted by atomic mass is 35.5. The molecule has 0 heterocycles. The van der Waals surface area contributed by atoms with Gasteiger partial charge in [0.2, 0.25) is 5.91 Å². The predicted molar refractivity (Wildman–Crippen MR) is 104 cm³/mol. The Balaban J connectivity index is 1.89. The van der Waals surface area contributed by atoms with Crippen LogP contribution in [0.25, 0.3) is 0 Å². The second kappa shape index (κ2) is 8.72. The number of ether oxygens (including phenoxy) is 1. The molecule has 6 heteroatoms. The van der Waals surface area contributed by atoms with Gasteiger partial charge in [-0.15, -0.1) is 0 Å². The molecule has 0 saturated carbocycles. The Labute approximate surface area is 158 Å². The molecule has 1 N–H and O–H groups in total. The van der Waals surface area contributed by atoms with Crippen LogP contribution in [0, 0.1) is 20.8 Å². The Kier molecular flexibility index (Phi) is 6.64. The van der Waals surface area contributed by atoms with Gasteiger partial charge in [-0.25, -0.2) is 0 Å². The molecule has 0 aromatic heterocycles. The van der Waals surface area contributed by atoms with Crippen molar-refractivity contribution in [1.82, 2.24) is 4.90 Å². The number of anilines is 1. The van der Waals surface area contributed by atoms with Crippen molar-refractivity contribution < 1.29 is 14.3 Å². The second-order valence-corrected chi connectivity index (χ2v) is 6.75. The van der Waals surface area contributed by atoms with E-state index in [0.717, 1.165) is 22.4 Å². The Morgan fingerprint density at radius 3 is 2.46 bits per heavy atom. The number of nitrogens with one attached hydrogen (secondary N) is 1. The van der Waals surface area contributed by atoms with E-state index in [0.29, 0.717) is 10.8 Å². The van der Waals surface area contributed by atoms with E-state index >= 15 is 0 Å². The van der Waals surface area contributed by atoms with Gasteiger partial charge in [0.05, 0.1) is 11.6 Å². The Bertz CT molecular complexity index is 821. The van der Waals surface area contributed by atoms with E-state index in [9.17, 15) is 9.59 Å². The molecule has 2 aromatic rings. The number of amides is 2. The van der Waals surface area contributed by atoms with Crippen LogP contribution in [0.5, 0.6) is 5.75 Å². The third-order valence-electron chi connectivity index (χ3n) is 3.91. The first-order chi connectivity index (χ1) is 12.3. The minimum Gasteiger partial charge on any atom is -0.482 e. The fraction of sp³-hybridized carbons (Fsp3) is 0.300. The third kappa shape index (κ3) is 5.49. The summed E-state index contributed by atoms with van der Waals surface area (Å²) in [5.74, 6) is -0.116. The predicted octanol–water partition coefficient (Wildman–Crippen LogP) is 3.74. The van der Waals surface area contributed by atoms with E-state index in [1.807, 2.05) is 45.0 Å². The highest BCUT2D eigenvalue weighted by Crippen LogP contribution is 2.25. The number of carbonyl (C=O) groups excluding carboxylic acids is 2. The Morgan fingerprint density at radius 2 is 1.73 bits per heavy atom. The summed E-state index contributed by atoms with van der Waals surface area (Å²) >= 11 is 6.05. The lowest BCUT2D eigenvalue weighted by atomic mass is 10.1. The number of likely N-dealkylation sites (N-methyl/N-ethyl adjacent to an activating group) is 1. The Morgan fingerprint density at radius 1 is 1.08 bits per heavy atom. The van der Waals surface area contributed by atoms with Crippen molar-refractivity contribution in [3.63, 3.8) is 0 Å². The fourth-order valence-electron chi connectivity index (χ4n) is 2.33. The van der Waals surface area contributed by atoms with Gasteiger partial charge in [0.1, 0.15) is 5.75 Å². The number of rotatable bonds is 6. The summed E-state index contributed by atoms with van der Waals surface area (Å²) in [5, 5.41) is 3.28. The van der Waals surface area contributed by atoms with Crippen LogP contribution >= 0.6 is 11.6 Å². The van der Waals surface area contributed by atoms with Crippen molar-refractivity contribution in [3.05, 3.63) is 58.1 Å². The highest BCUT2D eigenvalue weighted by Gasteiger charge is 2.15. The summed E-state index contributed by atoms with van der Waals surface area (Å²) in [6.45, 7) is 5.55. The first kappa shape index (κ1) is 19.8. The summed E-state index contributed by atoms with van der Waals surface area (Å²) in [5.41, 5.74) is 3.76. The maximum Gasteiger partial charge on any atom is 0.260 e. The van der Waals surface area contributed by atoms with Crippen LogP contribution in [0.1, 0.15) is 16.7 Å². The molecule has 26 heavy (non-hydrogen) atoms. The number of nitrogens with zero attached hydrogens (tertiary/aromatic N) is 1. The summed E-state index contributed by atoms with van der Waals surface area (Å²) in [6.07, 6.45) is 0. The number of halogens is 1. The zero-order valence-electron chi connectivity index (χ0n) is 15.4. The van der Waals surface area contributed by atoms with E-state index < -0.39 is 0 Å². The molecule has 0 spiro atoms. The first-order valence-corrected chi connectivity index (χ1v) is 8.64. The van der Waals surface area contributed by atoms with Gasteiger partial charge in [-0.3, -0.25) is 9.59 Å². The summed E-state index contributed by atoms with van der Waals surface area (Å²) in [6, 6.07) is 11.2. The monoisotopic (exact) mass is 374 g/mol. The van der Waals surface area contributed by atoms with Crippen LogP contribution in [0.3, 0.4) is 0 Å². The van der Waals surface area contributed by atoms with Gasteiger partial charge >= 0.3 is 0 Å². The molecule has 0 unspecified atom stereocenters. The van der Waals surface area contributed by atoms with Gasteiger partial charge in [-0.1, -0.05) is 29.8 Å². The lowest BCUT2D eigenvalue weighted by molar-refractivity contribution is -0.135. The van der Waals surface area contributed by atoms with Crippen molar-refractivity contribution >= 4 is 29.1 Å². The van der Waals surface area contributed by atoms with Gasteiger partial charge in [0.15, 0.2) is 6.61 Å². The van der Waals surface area contributed by atoms with Crippen LogP contribution < -0.4 is 10.1 Å². The summed E-state index contributed by atoms with van der Waals surface area (Å²) < 4.78 is 5.48. The van der Waals surface area contributed by atoms with Gasteiger partial charge in [0.25, 0.3) is 5.91 Å². The smallest absolute Gasteiger partial charge is 0.260 e. The van der Waals surface area contributed by atoms with Gasteiger partial charge < -0.3 is 15.0 Å². The van der Waals surface area contributed by atoms with Gasteiger partial charge in [-0.05, 0) is 55.7 Å². The topological polar surface area (TPSA) is 58.6 Å². The number of hydrogen-bond acceptors (Lipinski definition) is 3. The average Bonchev–Trinajstić information content (AvgIpc) is 2.58. The van der Waals surface area contributed by atoms with Crippen molar-refractivity contribution in [2.75, 3.05) is 25.5 Å². The van der Waals surface area contributed by atoms with Gasteiger partial charge in [0, 0.05) is 12.7 Å². The van der Waals surface area contributed by atoms with E-state index in [4.69, 9.17) is 16.3 Å². The molecule has 0 aliphatic heterocycles. The average molecular weight is 375 g/mol.